The molecule has 1 saturated heterocycles. The molecule has 0 saturated carbocycles. The first kappa shape index (κ1) is 18.5. The molecular weight excluding hydrogens is 372 g/mol. The number of methoxy groups -OCH3 is 1. The zero-order valence-electron chi connectivity index (χ0n) is 15.8. The molecule has 0 unspecified atom stereocenters. The van der Waals surface area contributed by atoms with Gasteiger partial charge in [0.2, 0.25) is 0 Å². The van der Waals surface area contributed by atoms with Crippen LogP contribution in [-0.2, 0) is 9.59 Å². The lowest BCUT2D eigenvalue weighted by Crippen LogP contribution is -2.29. The molecule has 0 bridgehead atoms. The number of para-hydroxylation sites is 1. The SMILES string of the molecule is COc1ccccc1[C@H]1C(=C(O)c2ccccc2)C(=O)C(=O)N1c1cc(C)on1. The minimum atomic E-state index is -0.921. The minimum Gasteiger partial charge on any atom is -0.507 e. The van der Waals surface area contributed by atoms with E-state index < -0.39 is 17.7 Å². The number of benzene rings is 2. The highest BCUT2D eigenvalue weighted by molar-refractivity contribution is 6.51. The Labute approximate surface area is 166 Å². The zero-order valence-corrected chi connectivity index (χ0v) is 15.8. The number of aliphatic hydroxyl groups is 1. The molecule has 0 aliphatic carbocycles. The van der Waals surface area contributed by atoms with E-state index in [9.17, 15) is 14.7 Å². The van der Waals surface area contributed by atoms with E-state index in [1.54, 1.807) is 67.6 Å². The number of ketones is 1. The van der Waals surface area contributed by atoms with Gasteiger partial charge in [-0.25, -0.2) is 0 Å². The van der Waals surface area contributed by atoms with Crippen molar-refractivity contribution in [2.24, 2.45) is 0 Å². The molecule has 0 radical (unpaired) electrons. The Bertz CT molecular complexity index is 1120. The van der Waals surface area contributed by atoms with Crippen LogP contribution in [0.2, 0.25) is 0 Å². The van der Waals surface area contributed by atoms with Gasteiger partial charge in [-0.2, -0.15) is 0 Å². The van der Waals surface area contributed by atoms with E-state index in [1.807, 2.05) is 0 Å². The highest BCUT2D eigenvalue weighted by Crippen LogP contribution is 2.44. The number of aliphatic hydroxyl groups excluding tert-OH is 1. The van der Waals surface area contributed by atoms with Crippen molar-refractivity contribution in [1.82, 2.24) is 5.16 Å². The lowest BCUT2D eigenvalue weighted by Gasteiger charge is -2.24. The summed E-state index contributed by atoms with van der Waals surface area (Å²) in [7, 11) is 1.50. The number of amides is 1. The van der Waals surface area contributed by atoms with Crippen LogP contribution in [0.3, 0.4) is 0 Å². The van der Waals surface area contributed by atoms with Gasteiger partial charge in [0.15, 0.2) is 5.82 Å². The zero-order chi connectivity index (χ0) is 20.5. The molecule has 1 amide bonds. The number of aryl methyl sites for hydroxylation is 1. The summed E-state index contributed by atoms with van der Waals surface area (Å²) in [5, 5.41) is 14.9. The van der Waals surface area contributed by atoms with Gasteiger partial charge in [-0.15, -0.1) is 0 Å². The fraction of sp³-hybridized carbons (Fsp3) is 0.136. The van der Waals surface area contributed by atoms with E-state index in [1.165, 1.54) is 12.0 Å². The standard InChI is InChI=1S/C22H18N2O5/c1-13-12-17(23-29-13)24-19(15-10-6-7-11-16(15)28-2)18(21(26)22(24)27)20(25)14-8-4-3-5-9-14/h3-12,19,25H,1-2H3/t19-/m0/s1. The largest absolute Gasteiger partial charge is 0.507 e. The topological polar surface area (TPSA) is 92.9 Å². The number of Topliss-reactive ketones (excluding diaryl/α,β-unsaturated/α-hetero) is 1. The Morgan fingerprint density at radius 3 is 2.45 bits per heavy atom. The highest BCUT2D eigenvalue weighted by Gasteiger charge is 2.48. The monoisotopic (exact) mass is 390 g/mol. The molecule has 2 heterocycles. The van der Waals surface area contributed by atoms with Gasteiger partial charge in [0.25, 0.3) is 5.78 Å². The Balaban J connectivity index is 1.99. The molecule has 1 N–H and O–H groups in total. The molecule has 1 aliphatic rings. The van der Waals surface area contributed by atoms with Crippen LogP contribution in [0, 0.1) is 6.92 Å². The molecular formula is C22H18N2O5. The number of anilines is 1. The van der Waals surface area contributed by atoms with Gasteiger partial charge < -0.3 is 14.4 Å². The normalized spacial score (nSPS) is 18.3. The molecule has 1 aliphatic heterocycles. The van der Waals surface area contributed by atoms with Gasteiger partial charge in [-0.3, -0.25) is 14.5 Å². The molecule has 2 aromatic carbocycles. The molecule has 1 atom stereocenters. The number of rotatable bonds is 4. The fourth-order valence-corrected chi connectivity index (χ4v) is 3.47. The van der Waals surface area contributed by atoms with Crippen LogP contribution in [-0.4, -0.2) is 29.1 Å². The third-order valence-corrected chi connectivity index (χ3v) is 4.79. The molecule has 146 valence electrons. The number of carbonyl (C=O) groups is 2. The van der Waals surface area contributed by atoms with E-state index in [-0.39, 0.29) is 17.2 Å². The predicted molar refractivity (Wildman–Crippen MR) is 105 cm³/mol. The first-order valence-corrected chi connectivity index (χ1v) is 8.95. The molecule has 1 fully saturated rings. The van der Waals surface area contributed by atoms with Crippen molar-refractivity contribution in [3.05, 3.63) is 83.1 Å². The second-order valence-electron chi connectivity index (χ2n) is 6.57. The van der Waals surface area contributed by atoms with Crippen LogP contribution in [0.4, 0.5) is 5.82 Å². The summed E-state index contributed by atoms with van der Waals surface area (Å²) in [5.41, 5.74) is 0.945. The molecule has 1 aromatic heterocycles. The summed E-state index contributed by atoms with van der Waals surface area (Å²) < 4.78 is 10.6. The Morgan fingerprint density at radius 1 is 1.10 bits per heavy atom. The molecule has 7 nitrogen and oxygen atoms in total. The van der Waals surface area contributed by atoms with Crippen LogP contribution in [0.15, 0.2) is 70.8 Å². The second kappa shape index (κ2) is 7.27. The van der Waals surface area contributed by atoms with Crippen molar-refractivity contribution in [3.8, 4) is 5.75 Å². The summed E-state index contributed by atoms with van der Waals surface area (Å²) >= 11 is 0. The van der Waals surface area contributed by atoms with Gasteiger partial charge in [-0.05, 0) is 13.0 Å². The fourth-order valence-electron chi connectivity index (χ4n) is 3.47. The lowest BCUT2D eigenvalue weighted by molar-refractivity contribution is -0.132. The molecule has 4 rings (SSSR count). The van der Waals surface area contributed by atoms with E-state index in [0.29, 0.717) is 22.6 Å². The Morgan fingerprint density at radius 2 is 1.79 bits per heavy atom. The smallest absolute Gasteiger partial charge is 0.301 e. The second-order valence-corrected chi connectivity index (χ2v) is 6.57. The molecule has 7 heteroatoms. The Kier molecular flexibility index (Phi) is 4.64. The van der Waals surface area contributed by atoms with Gasteiger partial charge in [0.1, 0.15) is 23.3 Å². The van der Waals surface area contributed by atoms with Crippen LogP contribution in [0.5, 0.6) is 5.75 Å². The van der Waals surface area contributed by atoms with Crippen molar-refractivity contribution in [1.29, 1.82) is 0 Å². The number of ether oxygens (including phenoxy) is 1. The van der Waals surface area contributed by atoms with E-state index >= 15 is 0 Å². The van der Waals surface area contributed by atoms with Crippen LogP contribution in [0.1, 0.15) is 22.9 Å². The maximum atomic E-state index is 13.0. The Hall–Kier alpha value is -3.87. The maximum absolute atomic E-state index is 13.0. The van der Waals surface area contributed by atoms with Crippen molar-refractivity contribution in [2.45, 2.75) is 13.0 Å². The lowest BCUT2D eigenvalue weighted by atomic mass is 9.94. The van der Waals surface area contributed by atoms with Gasteiger partial charge in [0.05, 0.1) is 12.7 Å². The predicted octanol–water partition coefficient (Wildman–Crippen LogP) is 3.62. The first-order chi connectivity index (χ1) is 14.0. The number of hydrogen-bond donors (Lipinski definition) is 1. The summed E-state index contributed by atoms with van der Waals surface area (Å²) in [4.78, 5) is 27.2. The number of carbonyl (C=O) groups excluding carboxylic acids is 2. The number of nitrogens with zero attached hydrogens (tertiary/aromatic N) is 2. The molecule has 3 aromatic rings. The summed E-state index contributed by atoms with van der Waals surface area (Å²) in [5.74, 6) is -0.711. The average molecular weight is 390 g/mol. The van der Waals surface area contributed by atoms with E-state index in [0.717, 1.165) is 0 Å². The summed E-state index contributed by atoms with van der Waals surface area (Å²) in [6.45, 7) is 1.69. The molecule has 29 heavy (non-hydrogen) atoms. The molecule has 0 spiro atoms. The van der Waals surface area contributed by atoms with Gasteiger partial charge in [0, 0.05) is 17.2 Å². The highest BCUT2D eigenvalue weighted by atomic mass is 16.5. The summed E-state index contributed by atoms with van der Waals surface area (Å²) in [6.07, 6.45) is 0. The van der Waals surface area contributed by atoms with Crippen molar-refractivity contribution < 1.29 is 24.0 Å². The average Bonchev–Trinajstić information content (AvgIpc) is 3.29. The van der Waals surface area contributed by atoms with E-state index in [4.69, 9.17) is 9.26 Å². The van der Waals surface area contributed by atoms with Crippen LogP contribution in [0.25, 0.3) is 5.76 Å². The van der Waals surface area contributed by atoms with Crippen LogP contribution < -0.4 is 9.64 Å². The van der Waals surface area contributed by atoms with Gasteiger partial charge in [-0.1, -0.05) is 53.7 Å². The third-order valence-electron chi connectivity index (χ3n) is 4.79. The van der Waals surface area contributed by atoms with Crippen molar-refractivity contribution in [3.63, 3.8) is 0 Å². The van der Waals surface area contributed by atoms with Crippen LogP contribution >= 0.6 is 0 Å². The van der Waals surface area contributed by atoms with Crippen molar-refractivity contribution in [2.75, 3.05) is 12.0 Å². The maximum Gasteiger partial charge on any atom is 0.301 e. The van der Waals surface area contributed by atoms with E-state index in [2.05, 4.69) is 5.16 Å². The quantitative estimate of drug-likeness (QED) is 0.416. The minimum absolute atomic E-state index is 0.0358. The summed E-state index contributed by atoms with van der Waals surface area (Å²) in [6, 6.07) is 16.3. The van der Waals surface area contributed by atoms with Crippen molar-refractivity contribution >= 4 is 23.3 Å². The first-order valence-electron chi connectivity index (χ1n) is 8.95. The van der Waals surface area contributed by atoms with Gasteiger partial charge >= 0.3 is 5.91 Å². The number of aromatic nitrogens is 1. The third kappa shape index (κ3) is 3.06. The number of hydrogen-bond acceptors (Lipinski definition) is 6.